The number of hydrogen-bond acceptors (Lipinski definition) is 2. The van der Waals surface area contributed by atoms with Crippen LogP contribution in [0, 0.1) is 23.2 Å². The van der Waals surface area contributed by atoms with Crippen molar-refractivity contribution in [2.45, 2.75) is 58.8 Å². The van der Waals surface area contributed by atoms with Gasteiger partial charge in [0.1, 0.15) is 0 Å². The van der Waals surface area contributed by atoms with Gasteiger partial charge in [-0.05, 0) is 75.5 Å². The Kier molecular flexibility index (Phi) is 4.47. The third-order valence-corrected chi connectivity index (χ3v) is 6.25. The zero-order valence-electron chi connectivity index (χ0n) is 14.1. The predicted molar refractivity (Wildman–Crippen MR) is 86.2 cm³/mol. The van der Waals surface area contributed by atoms with Gasteiger partial charge in [-0.3, -0.25) is 9.59 Å². The minimum atomic E-state index is 0.0314. The van der Waals surface area contributed by atoms with E-state index in [0.717, 1.165) is 17.8 Å². The second-order valence-electron chi connectivity index (χ2n) is 7.94. The van der Waals surface area contributed by atoms with Crippen LogP contribution in [0.25, 0.3) is 0 Å². The van der Waals surface area contributed by atoms with Gasteiger partial charge >= 0.3 is 0 Å². The molecule has 0 unspecified atom stereocenters. The molecule has 4 aliphatic rings. The second-order valence-corrected chi connectivity index (χ2v) is 7.94. The highest BCUT2D eigenvalue weighted by Crippen LogP contribution is 2.61. The van der Waals surface area contributed by atoms with E-state index < -0.39 is 0 Å². The Bertz CT molecular complexity index is 407. The monoisotopic (exact) mass is 306 g/mol. The molecule has 0 aromatic rings. The fourth-order valence-electron chi connectivity index (χ4n) is 5.77. The maximum Gasteiger partial charge on any atom is 0.241 e. The number of hydrogen-bond donors (Lipinski definition) is 1. The molecule has 0 aromatic carbocycles. The summed E-state index contributed by atoms with van der Waals surface area (Å²) < 4.78 is 0. The molecular weight excluding hydrogens is 276 g/mol. The third-order valence-electron chi connectivity index (χ3n) is 6.25. The van der Waals surface area contributed by atoms with Gasteiger partial charge in [-0.1, -0.05) is 0 Å². The molecule has 0 aliphatic heterocycles. The quantitative estimate of drug-likeness (QED) is 0.820. The molecule has 0 saturated heterocycles. The van der Waals surface area contributed by atoms with Gasteiger partial charge < -0.3 is 10.2 Å². The maximum atomic E-state index is 12.3. The van der Waals surface area contributed by atoms with Gasteiger partial charge in [-0.25, -0.2) is 0 Å². The highest BCUT2D eigenvalue weighted by molar-refractivity contribution is 5.85. The minimum Gasteiger partial charge on any atom is -0.347 e. The Morgan fingerprint density at radius 1 is 1.00 bits per heavy atom. The standard InChI is InChI=1S/C18H30N2O2/c1-3-20(4-2)17(22)12-19-16(21)11-18-8-13-5-14(9-18)7-15(6-13)10-18/h13-15H,3-12H2,1-2H3,(H,19,21). The summed E-state index contributed by atoms with van der Waals surface area (Å²) in [5, 5.41) is 2.88. The fraction of sp³-hybridized carbons (Fsp3) is 0.889. The van der Waals surface area contributed by atoms with Crippen LogP contribution in [0.4, 0.5) is 0 Å². The van der Waals surface area contributed by atoms with Crippen LogP contribution >= 0.6 is 0 Å². The van der Waals surface area contributed by atoms with Gasteiger partial charge in [0.25, 0.3) is 0 Å². The first kappa shape index (κ1) is 15.8. The molecule has 0 spiro atoms. The summed E-state index contributed by atoms with van der Waals surface area (Å²) in [6, 6.07) is 0. The van der Waals surface area contributed by atoms with Crippen LogP contribution in [-0.4, -0.2) is 36.3 Å². The lowest BCUT2D eigenvalue weighted by atomic mass is 9.49. The maximum absolute atomic E-state index is 12.3. The van der Waals surface area contributed by atoms with Crippen molar-refractivity contribution >= 4 is 11.8 Å². The van der Waals surface area contributed by atoms with Crippen LogP contribution in [-0.2, 0) is 9.59 Å². The van der Waals surface area contributed by atoms with Gasteiger partial charge in [0.2, 0.25) is 11.8 Å². The van der Waals surface area contributed by atoms with E-state index in [1.54, 1.807) is 4.90 Å². The molecule has 124 valence electrons. The highest BCUT2D eigenvalue weighted by atomic mass is 16.2. The predicted octanol–water partition coefficient (Wildman–Crippen LogP) is 2.58. The number of nitrogens with zero attached hydrogens (tertiary/aromatic N) is 1. The number of carbonyl (C=O) groups excluding carboxylic acids is 2. The Morgan fingerprint density at radius 2 is 1.50 bits per heavy atom. The molecule has 4 aliphatic carbocycles. The summed E-state index contributed by atoms with van der Waals surface area (Å²) in [6.07, 6.45) is 8.59. The van der Waals surface area contributed by atoms with Crippen molar-refractivity contribution in [1.29, 1.82) is 0 Å². The van der Waals surface area contributed by atoms with Crippen molar-refractivity contribution in [3.63, 3.8) is 0 Å². The fourth-order valence-corrected chi connectivity index (χ4v) is 5.77. The van der Waals surface area contributed by atoms with E-state index in [4.69, 9.17) is 0 Å². The Hall–Kier alpha value is -1.06. The number of nitrogens with one attached hydrogen (secondary N) is 1. The van der Waals surface area contributed by atoms with Gasteiger partial charge in [-0.15, -0.1) is 0 Å². The zero-order chi connectivity index (χ0) is 15.7. The van der Waals surface area contributed by atoms with E-state index in [9.17, 15) is 9.59 Å². The lowest BCUT2D eigenvalue weighted by Crippen LogP contribution is -2.48. The summed E-state index contributed by atoms with van der Waals surface area (Å²) in [7, 11) is 0. The smallest absolute Gasteiger partial charge is 0.241 e. The van der Waals surface area contributed by atoms with E-state index in [2.05, 4.69) is 5.32 Å². The third kappa shape index (κ3) is 3.16. The SMILES string of the molecule is CCN(CC)C(=O)CNC(=O)CC12CC3CC(CC(C3)C1)C2. The van der Waals surface area contributed by atoms with Gasteiger partial charge in [0.05, 0.1) is 6.54 Å². The summed E-state index contributed by atoms with van der Waals surface area (Å²) in [5.41, 5.74) is 0.261. The molecule has 4 fully saturated rings. The largest absolute Gasteiger partial charge is 0.347 e. The normalized spacial score (nSPS) is 35.5. The molecule has 0 heterocycles. The molecule has 0 radical (unpaired) electrons. The van der Waals surface area contributed by atoms with Gasteiger partial charge in [0.15, 0.2) is 0 Å². The van der Waals surface area contributed by atoms with Crippen LogP contribution in [0.3, 0.4) is 0 Å². The van der Waals surface area contributed by atoms with E-state index >= 15 is 0 Å². The van der Waals surface area contributed by atoms with Crippen LogP contribution in [0.5, 0.6) is 0 Å². The van der Waals surface area contributed by atoms with E-state index in [1.165, 1.54) is 38.5 Å². The molecule has 4 saturated carbocycles. The first-order valence-electron chi connectivity index (χ1n) is 9.08. The highest BCUT2D eigenvalue weighted by Gasteiger charge is 2.51. The van der Waals surface area contributed by atoms with Crippen LogP contribution in [0.1, 0.15) is 58.8 Å². The Balaban J connectivity index is 1.51. The number of carbonyl (C=O) groups is 2. The summed E-state index contributed by atoms with van der Waals surface area (Å²) in [4.78, 5) is 26.1. The average molecular weight is 306 g/mol. The first-order chi connectivity index (χ1) is 10.5. The van der Waals surface area contributed by atoms with Crippen molar-refractivity contribution in [3.05, 3.63) is 0 Å². The summed E-state index contributed by atoms with van der Waals surface area (Å²) in [6.45, 7) is 5.52. The van der Waals surface area contributed by atoms with E-state index in [1.807, 2.05) is 13.8 Å². The lowest BCUT2D eigenvalue weighted by molar-refractivity contribution is -0.135. The molecule has 4 rings (SSSR count). The van der Waals surface area contributed by atoms with Crippen molar-refractivity contribution in [2.24, 2.45) is 23.2 Å². The van der Waals surface area contributed by atoms with Crippen LogP contribution < -0.4 is 5.32 Å². The molecule has 1 N–H and O–H groups in total. The van der Waals surface area contributed by atoms with Crippen LogP contribution in [0.15, 0.2) is 0 Å². The molecule has 2 amide bonds. The number of amides is 2. The molecule has 4 nitrogen and oxygen atoms in total. The lowest BCUT2D eigenvalue weighted by Gasteiger charge is -2.56. The van der Waals surface area contributed by atoms with Crippen molar-refractivity contribution < 1.29 is 9.59 Å². The average Bonchev–Trinajstić information content (AvgIpc) is 2.44. The molecule has 0 atom stereocenters. The van der Waals surface area contributed by atoms with Crippen molar-refractivity contribution in [1.82, 2.24) is 10.2 Å². The van der Waals surface area contributed by atoms with Crippen molar-refractivity contribution in [3.8, 4) is 0 Å². The van der Waals surface area contributed by atoms with Gasteiger partial charge in [0, 0.05) is 19.5 Å². The Labute approximate surface area is 134 Å². The first-order valence-corrected chi connectivity index (χ1v) is 9.08. The zero-order valence-corrected chi connectivity index (χ0v) is 14.1. The molecule has 4 heteroatoms. The van der Waals surface area contributed by atoms with Crippen LogP contribution in [0.2, 0.25) is 0 Å². The molecule has 22 heavy (non-hydrogen) atoms. The van der Waals surface area contributed by atoms with E-state index in [0.29, 0.717) is 19.5 Å². The Morgan fingerprint density at radius 3 is 1.95 bits per heavy atom. The van der Waals surface area contributed by atoms with Crippen molar-refractivity contribution in [2.75, 3.05) is 19.6 Å². The number of rotatable bonds is 6. The molecular formula is C18H30N2O2. The summed E-state index contributed by atoms with van der Waals surface area (Å²) >= 11 is 0. The second kappa shape index (κ2) is 6.21. The topological polar surface area (TPSA) is 49.4 Å². The van der Waals surface area contributed by atoms with Gasteiger partial charge in [-0.2, -0.15) is 0 Å². The summed E-state index contributed by atoms with van der Waals surface area (Å²) in [5.74, 6) is 2.73. The minimum absolute atomic E-state index is 0.0314. The molecule has 0 aromatic heterocycles. The molecule has 4 bridgehead atoms. The number of likely N-dealkylation sites (N-methyl/N-ethyl adjacent to an activating group) is 1. The van der Waals surface area contributed by atoms with E-state index in [-0.39, 0.29) is 23.8 Å².